The monoisotopic (exact) mass is 737 g/mol. The highest BCUT2D eigenvalue weighted by molar-refractivity contribution is 5.89. The molecule has 1 fully saturated rings. The van der Waals surface area contributed by atoms with Crippen LogP contribution in [-0.4, -0.2) is 133 Å². The number of nitrogens with one attached hydrogen (secondary N) is 3. The zero-order valence-electron chi connectivity index (χ0n) is 32.1. The maximum Gasteiger partial charge on any atom is 0.331 e. The number of aryl methyl sites for hydroxylation is 1. The second kappa shape index (κ2) is 19.1. The van der Waals surface area contributed by atoms with Crippen LogP contribution in [0.4, 0.5) is 0 Å². The molecule has 15 heteroatoms. The van der Waals surface area contributed by atoms with Crippen molar-refractivity contribution in [2.24, 2.45) is 0 Å². The van der Waals surface area contributed by atoms with Crippen molar-refractivity contribution in [1.29, 1.82) is 0 Å². The fraction of sp³-hybridized carbons (Fsp3) is 0.579. The molecule has 0 aliphatic carbocycles. The van der Waals surface area contributed by atoms with Gasteiger partial charge < -0.3 is 29.8 Å². The van der Waals surface area contributed by atoms with Crippen molar-refractivity contribution in [2.75, 3.05) is 72.1 Å². The summed E-state index contributed by atoms with van der Waals surface area (Å²) in [4.78, 5) is 75.2. The second-order valence-corrected chi connectivity index (χ2v) is 14.1. The average Bonchev–Trinajstić information content (AvgIpc) is 3.09. The first-order valence-electron chi connectivity index (χ1n) is 18.4. The van der Waals surface area contributed by atoms with E-state index in [2.05, 4.69) is 25.8 Å². The standard InChI is InChI=1S/C38H55N7O8/c1-8-51-36(49)27(5)40-32(46)23-43-16-14-39-15-17-45(24-33(47)42-38(6,7)37(50)52-9-2)26(4)21-44(19-18-43)22-28-11-12-29-34(48)30-20-25(3)10-13-31(30)53-35(29)41-28/h10-13,20,26-27,39H,8-9,14-19,21-24H2,1-7H3,(H,40,46)(H,42,47). The molecule has 3 aromatic rings. The third kappa shape index (κ3) is 11.8. The van der Waals surface area contributed by atoms with E-state index in [0.29, 0.717) is 74.4 Å². The minimum atomic E-state index is -1.18. The molecule has 15 nitrogen and oxygen atoms in total. The topological polar surface area (TPSA) is 176 Å². The first-order valence-corrected chi connectivity index (χ1v) is 18.4. The predicted octanol–water partition coefficient (Wildman–Crippen LogP) is 1.57. The average molecular weight is 738 g/mol. The van der Waals surface area contributed by atoms with Gasteiger partial charge in [0.05, 0.1) is 42.8 Å². The molecule has 2 unspecified atom stereocenters. The minimum Gasteiger partial charge on any atom is -0.464 e. The first kappa shape index (κ1) is 41.3. The highest BCUT2D eigenvalue weighted by atomic mass is 16.5. The molecular weight excluding hydrogens is 682 g/mol. The van der Waals surface area contributed by atoms with Crippen LogP contribution in [-0.2, 0) is 35.2 Å². The van der Waals surface area contributed by atoms with Gasteiger partial charge >= 0.3 is 11.9 Å². The fourth-order valence-corrected chi connectivity index (χ4v) is 6.27. The number of ether oxygens (including phenoxy) is 2. The maximum atomic E-state index is 13.3. The molecule has 2 aromatic heterocycles. The van der Waals surface area contributed by atoms with Crippen LogP contribution in [0.15, 0.2) is 39.5 Å². The van der Waals surface area contributed by atoms with Crippen molar-refractivity contribution in [3.63, 3.8) is 0 Å². The Morgan fingerprint density at radius 1 is 0.962 bits per heavy atom. The number of carbonyl (C=O) groups excluding carboxylic acids is 4. The molecular formula is C38H55N7O8. The lowest BCUT2D eigenvalue weighted by Crippen LogP contribution is -2.56. The van der Waals surface area contributed by atoms with E-state index in [4.69, 9.17) is 18.9 Å². The van der Waals surface area contributed by atoms with Crippen molar-refractivity contribution in [3.8, 4) is 0 Å². The molecule has 2 amide bonds. The highest BCUT2D eigenvalue weighted by Gasteiger charge is 2.32. The van der Waals surface area contributed by atoms with Gasteiger partial charge in [-0.1, -0.05) is 11.6 Å². The molecule has 290 valence electrons. The molecule has 3 heterocycles. The van der Waals surface area contributed by atoms with Crippen molar-refractivity contribution in [3.05, 3.63) is 51.8 Å². The quantitative estimate of drug-likeness (QED) is 0.181. The maximum absolute atomic E-state index is 13.3. The number of fused-ring (bicyclic) bond motifs is 2. The number of pyridine rings is 1. The van der Waals surface area contributed by atoms with E-state index in [1.165, 1.54) is 0 Å². The normalized spacial score (nSPS) is 17.8. The van der Waals surface area contributed by atoms with Crippen LogP contribution < -0.4 is 21.4 Å². The number of esters is 2. The van der Waals surface area contributed by atoms with Crippen LogP contribution in [0, 0.1) is 6.92 Å². The summed E-state index contributed by atoms with van der Waals surface area (Å²) in [6.07, 6.45) is 0. The number of aromatic nitrogens is 1. The number of carbonyl (C=O) groups is 4. The SMILES string of the molecule is CCOC(=O)C(C)NC(=O)CN1CCNCCN(CC(=O)NC(C)(C)C(=O)OCC)C(C)CN(Cc2ccc3c(=O)c4cc(C)ccc4oc3n2)CC1. The van der Waals surface area contributed by atoms with E-state index in [1.807, 2.05) is 36.9 Å². The van der Waals surface area contributed by atoms with Crippen molar-refractivity contribution < 1.29 is 33.1 Å². The lowest BCUT2D eigenvalue weighted by molar-refractivity contribution is -0.152. The summed E-state index contributed by atoms with van der Waals surface area (Å²) in [5.41, 5.74) is 1.07. The van der Waals surface area contributed by atoms with Crippen LogP contribution in [0.1, 0.15) is 52.8 Å². The summed E-state index contributed by atoms with van der Waals surface area (Å²) in [6.45, 7) is 17.1. The fourth-order valence-electron chi connectivity index (χ4n) is 6.27. The zero-order valence-corrected chi connectivity index (χ0v) is 32.1. The summed E-state index contributed by atoms with van der Waals surface area (Å²) in [5, 5.41) is 9.90. The molecule has 4 rings (SSSR count). The number of rotatable bonds is 12. The molecule has 1 aliphatic heterocycles. The predicted molar refractivity (Wildman–Crippen MR) is 201 cm³/mol. The van der Waals surface area contributed by atoms with Crippen LogP contribution in [0.3, 0.4) is 0 Å². The van der Waals surface area contributed by atoms with Crippen molar-refractivity contribution in [2.45, 2.75) is 72.6 Å². The van der Waals surface area contributed by atoms with Gasteiger partial charge in [0.1, 0.15) is 17.2 Å². The Labute approximate surface area is 310 Å². The summed E-state index contributed by atoms with van der Waals surface area (Å²) in [5.74, 6) is -1.56. The van der Waals surface area contributed by atoms with Crippen LogP contribution in [0.2, 0.25) is 0 Å². The largest absolute Gasteiger partial charge is 0.464 e. The number of nitrogens with zero attached hydrogens (tertiary/aromatic N) is 4. The summed E-state index contributed by atoms with van der Waals surface area (Å²) in [7, 11) is 0. The Morgan fingerprint density at radius 3 is 2.42 bits per heavy atom. The Hall–Kier alpha value is -4.44. The number of benzene rings is 1. The Kier molecular flexibility index (Phi) is 14.9. The molecule has 3 N–H and O–H groups in total. The van der Waals surface area contributed by atoms with Crippen molar-refractivity contribution in [1.82, 2.24) is 35.6 Å². The Bertz CT molecular complexity index is 1810. The minimum absolute atomic E-state index is 0.0659. The van der Waals surface area contributed by atoms with E-state index in [0.717, 1.165) is 5.56 Å². The van der Waals surface area contributed by atoms with E-state index < -0.39 is 23.5 Å². The molecule has 0 bridgehead atoms. The van der Waals surface area contributed by atoms with Gasteiger partial charge in [-0.3, -0.25) is 29.1 Å². The van der Waals surface area contributed by atoms with Gasteiger partial charge in [0.15, 0.2) is 0 Å². The summed E-state index contributed by atoms with van der Waals surface area (Å²) >= 11 is 0. The van der Waals surface area contributed by atoms with Gasteiger partial charge in [0.25, 0.3) is 0 Å². The van der Waals surface area contributed by atoms with Crippen molar-refractivity contribution >= 4 is 45.8 Å². The van der Waals surface area contributed by atoms with Gasteiger partial charge in [0.2, 0.25) is 23.0 Å². The van der Waals surface area contributed by atoms with E-state index in [1.54, 1.807) is 46.8 Å². The van der Waals surface area contributed by atoms with Gasteiger partial charge in [-0.2, -0.15) is 0 Å². The van der Waals surface area contributed by atoms with E-state index in [9.17, 15) is 24.0 Å². The van der Waals surface area contributed by atoms with Crippen LogP contribution in [0.5, 0.6) is 0 Å². The molecule has 0 spiro atoms. The van der Waals surface area contributed by atoms with Gasteiger partial charge in [0, 0.05) is 58.4 Å². The molecule has 53 heavy (non-hydrogen) atoms. The summed E-state index contributed by atoms with van der Waals surface area (Å²) in [6, 6.07) is 8.19. The first-order chi connectivity index (χ1) is 25.2. The number of hydrogen-bond donors (Lipinski definition) is 3. The molecule has 0 radical (unpaired) electrons. The number of hydrogen-bond acceptors (Lipinski definition) is 13. The molecule has 1 aromatic carbocycles. The van der Waals surface area contributed by atoms with Gasteiger partial charge in [-0.25, -0.2) is 14.6 Å². The number of amides is 2. The van der Waals surface area contributed by atoms with E-state index in [-0.39, 0.29) is 55.3 Å². The highest BCUT2D eigenvalue weighted by Crippen LogP contribution is 2.19. The summed E-state index contributed by atoms with van der Waals surface area (Å²) < 4.78 is 16.3. The Morgan fingerprint density at radius 2 is 1.68 bits per heavy atom. The third-order valence-corrected chi connectivity index (χ3v) is 9.16. The third-order valence-electron chi connectivity index (χ3n) is 9.16. The molecule has 0 saturated carbocycles. The Balaban J connectivity index is 1.56. The zero-order chi connectivity index (χ0) is 38.7. The van der Waals surface area contributed by atoms with E-state index >= 15 is 0 Å². The van der Waals surface area contributed by atoms with Crippen LogP contribution in [0.25, 0.3) is 22.1 Å². The lowest BCUT2D eigenvalue weighted by Gasteiger charge is -2.35. The molecule has 1 saturated heterocycles. The van der Waals surface area contributed by atoms with Gasteiger partial charge in [-0.05, 0) is 72.7 Å². The second-order valence-electron chi connectivity index (χ2n) is 14.1. The molecule has 1 aliphatic rings. The molecule has 2 atom stereocenters. The lowest BCUT2D eigenvalue weighted by atomic mass is 10.1. The van der Waals surface area contributed by atoms with Gasteiger partial charge in [-0.15, -0.1) is 0 Å². The van der Waals surface area contributed by atoms with Crippen LogP contribution >= 0.6 is 0 Å². The smallest absolute Gasteiger partial charge is 0.331 e.